The maximum absolute atomic E-state index is 12.1. The van der Waals surface area contributed by atoms with E-state index in [-0.39, 0.29) is 11.8 Å². The van der Waals surface area contributed by atoms with Gasteiger partial charge in [-0.2, -0.15) is 0 Å². The number of esters is 1. The molecule has 0 bridgehead atoms. The van der Waals surface area contributed by atoms with Gasteiger partial charge in [-0.15, -0.1) is 0 Å². The van der Waals surface area contributed by atoms with Crippen molar-refractivity contribution in [2.24, 2.45) is 0 Å². The fourth-order valence-electron chi connectivity index (χ4n) is 2.11. The highest BCUT2D eigenvalue weighted by Gasteiger charge is 2.05. The monoisotopic (exact) mass is 339 g/mol. The fraction of sp³-hybridized carbons (Fsp3) is 0.200. The van der Waals surface area contributed by atoms with Crippen molar-refractivity contribution in [2.75, 3.05) is 18.5 Å². The number of ether oxygens (including phenoxy) is 2. The van der Waals surface area contributed by atoms with E-state index in [1.54, 1.807) is 61.7 Å². The number of rotatable bonds is 8. The van der Waals surface area contributed by atoms with Crippen molar-refractivity contribution < 1.29 is 19.1 Å². The van der Waals surface area contributed by atoms with E-state index in [1.807, 2.05) is 6.92 Å². The molecule has 0 spiro atoms. The lowest BCUT2D eigenvalue weighted by Gasteiger charge is -2.04. The first kappa shape index (κ1) is 18.3. The SMILES string of the molecule is CCOC(=O)c1ccc(N/C=C\C(=O)c2ccc(OCC)cc2)cc1. The van der Waals surface area contributed by atoms with Gasteiger partial charge >= 0.3 is 5.97 Å². The average Bonchev–Trinajstić information content (AvgIpc) is 2.63. The average molecular weight is 339 g/mol. The highest BCUT2D eigenvalue weighted by Crippen LogP contribution is 2.13. The second kappa shape index (κ2) is 9.27. The van der Waals surface area contributed by atoms with Crippen molar-refractivity contribution in [1.29, 1.82) is 0 Å². The molecule has 5 nitrogen and oxygen atoms in total. The summed E-state index contributed by atoms with van der Waals surface area (Å²) in [6.45, 7) is 4.61. The third-order valence-electron chi connectivity index (χ3n) is 3.33. The van der Waals surface area contributed by atoms with Crippen LogP contribution in [-0.2, 0) is 4.74 Å². The number of benzene rings is 2. The molecular weight excluding hydrogens is 318 g/mol. The molecule has 2 aromatic rings. The van der Waals surface area contributed by atoms with E-state index in [2.05, 4.69) is 5.32 Å². The van der Waals surface area contributed by atoms with Gasteiger partial charge in [0, 0.05) is 23.5 Å². The summed E-state index contributed by atoms with van der Waals surface area (Å²) in [4.78, 5) is 23.7. The highest BCUT2D eigenvalue weighted by atomic mass is 16.5. The predicted molar refractivity (Wildman–Crippen MR) is 97.1 cm³/mol. The summed E-state index contributed by atoms with van der Waals surface area (Å²) in [6, 6.07) is 13.8. The Kier molecular flexibility index (Phi) is 6.77. The molecule has 25 heavy (non-hydrogen) atoms. The van der Waals surface area contributed by atoms with Crippen molar-refractivity contribution >= 4 is 17.4 Å². The Labute approximate surface area is 147 Å². The number of carbonyl (C=O) groups is 2. The van der Waals surface area contributed by atoms with E-state index in [4.69, 9.17) is 9.47 Å². The predicted octanol–water partition coefficient (Wildman–Crippen LogP) is 4.07. The summed E-state index contributed by atoms with van der Waals surface area (Å²) < 4.78 is 10.3. The second-order valence-electron chi connectivity index (χ2n) is 5.10. The van der Waals surface area contributed by atoms with Gasteiger partial charge in [0.2, 0.25) is 0 Å². The quantitative estimate of drug-likeness (QED) is 0.446. The first-order valence-corrected chi connectivity index (χ1v) is 8.11. The van der Waals surface area contributed by atoms with Gasteiger partial charge in [-0.3, -0.25) is 4.79 Å². The van der Waals surface area contributed by atoms with Gasteiger partial charge in [0.05, 0.1) is 18.8 Å². The normalized spacial score (nSPS) is 10.5. The summed E-state index contributed by atoms with van der Waals surface area (Å²) in [5.41, 5.74) is 1.84. The van der Waals surface area contributed by atoms with E-state index in [0.717, 1.165) is 11.4 Å². The molecule has 0 aliphatic rings. The highest BCUT2D eigenvalue weighted by molar-refractivity contribution is 6.04. The molecule has 0 saturated heterocycles. The van der Waals surface area contributed by atoms with Gasteiger partial charge < -0.3 is 14.8 Å². The summed E-state index contributed by atoms with van der Waals surface area (Å²) in [5.74, 6) is 0.275. The van der Waals surface area contributed by atoms with Crippen LogP contribution in [-0.4, -0.2) is 25.0 Å². The van der Waals surface area contributed by atoms with Crippen LogP contribution in [0.5, 0.6) is 5.75 Å². The van der Waals surface area contributed by atoms with Gasteiger partial charge in [0.1, 0.15) is 5.75 Å². The van der Waals surface area contributed by atoms with E-state index in [9.17, 15) is 9.59 Å². The Bertz CT molecular complexity index is 733. The lowest BCUT2D eigenvalue weighted by atomic mass is 10.1. The molecule has 2 aromatic carbocycles. The lowest BCUT2D eigenvalue weighted by Crippen LogP contribution is -2.04. The van der Waals surface area contributed by atoms with Crippen molar-refractivity contribution in [1.82, 2.24) is 0 Å². The van der Waals surface area contributed by atoms with Crippen LogP contribution < -0.4 is 10.1 Å². The largest absolute Gasteiger partial charge is 0.494 e. The van der Waals surface area contributed by atoms with Crippen LogP contribution >= 0.6 is 0 Å². The molecule has 0 radical (unpaired) electrons. The molecule has 5 heteroatoms. The van der Waals surface area contributed by atoms with Crippen LogP contribution in [0.15, 0.2) is 60.8 Å². The molecule has 0 unspecified atom stereocenters. The van der Waals surface area contributed by atoms with Crippen molar-refractivity contribution in [2.45, 2.75) is 13.8 Å². The molecule has 2 rings (SSSR count). The molecule has 0 fully saturated rings. The van der Waals surface area contributed by atoms with Crippen molar-refractivity contribution in [3.05, 3.63) is 71.9 Å². The first-order chi connectivity index (χ1) is 12.1. The fourth-order valence-corrected chi connectivity index (χ4v) is 2.11. The zero-order chi connectivity index (χ0) is 18.1. The van der Waals surface area contributed by atoms with Crippen LogP contribution in [0.25, 0.3) is 0 Å². The minimum atomic E-state index is -0.352. The molecular formula is C20H21NO4. The maximum atomic E-state index is 12.1. The summed E-state index contributed by atoms with van der Waals surface area (Å²) in [6.07, 6.45) is 3.02. The Morgan fingerprint density at radius 2 is 1.56 bits per heavy atom. The zero-order valence-electron chi connectivity index (χ0n) is 14.3. The van der Waals surface area contributed by atoms with Crippen LogP contribution in [0, 0.1) is 0 Å². The van der Waals surface area contributed by atoms with Gasteiger partial charge in [0.25, 0.3) is 0 Å². The molecule has 130 valence electrons. The first-order valence-electron chi connectivity index (χ1n) is 8.11. The molecule has 0 saturated carbocycles. The Morgan fingerprint density at radius 1 is 0.920 bits per heavy atom. The number of allylic oxidation sites excluding steroid dienone is 1. The molecule has 0 aliphatic carbocycles. The van der Waals surface area contributed by atoms with Crippen LogP contribution in [0.1, 0.15) is 34.6 Å². The number of carbonyl (C=O) groups excluding carboxylic acids is 2. The standard InChI is InChI=1S/C20H21NO4/c1-3-24-18-11-7-15(8-12-18)19(22)13-14-21-17-9-5-16(6-10-17)20(23)25-4-2/h5-14,21H,3-4H2,1-2H3/b14-13-. The minimum Gasteiger partial charge on any atom is -0.494 e. The number of anilines is 1. The van der Waals surface area contributed by atoms with E-state index >= 15 is 0 Å². The van der Waals surface area contributed by atoms with E-state index < -0.39 is 0 Å². The molecule has 0 heterocycles. The molecule has 0 atom stereocenters. The van der Waals surface area contributed by atoms with Crippen molar-refractivity contribution in [3.8, 4) is 5.75 Å². The Morgan fingerprint density at radius 3 is 2.16 bits per heavy atom. The third kappa shape index (κ3) is 5.49. The number of ketones is 1. The molecule has 0 aromatic heterocycles. The summed E-state index contributed by atoms with van der Waals surface area (Å²) in [7, 11) is 0. The smallest absolute Gasteiger partial charge is 0.338 e. The Balaban J connectivity index is 1.91. The Hall–Kier alpha value is -3.08. The molecule has 0 aliphatic heterocycles. The van der Waals surface area contributed by atoms with Crippen LogP contribution in [0.3, 0.4) is 0 Å². The van der Waals surface area contributed by atoms with Gasteiger partial charge in [-0.05, 0) is 62.4 Å². The zero-order valence-corrected chi connectivity index (χ0v) is 14.3. The third-order valence-corrected chi connectivity index (χ3v) is 3.33. The van der Waals surface area contributed by atoms with E-state index in [1.165, 1.54) is 6.08 Å². The molecule has 1 N–H and O–H groups in total. The number of hydrogen-bond donors (Lipinski definition) is 1. The molecule has 0 amide bonds. The van der Waals surface area contributed by atoms with Crippen molar-refractivity contribution in [3.63, 3.8) is 0 Å². The van der Waals surface area contributed by atoms with Gasteiger partial charge in [0.15, 0.2) is 5.78 Å². The lowest BCUT2D eigenvalue weighted by molar-refractivity contribution is 0.0526. The van der Waals surface area contributed by atoms with E-state index in [0.29, 0.717) is 24.3 Å². The van der Waals surface area contributed by atoms with Crippen LogP contribution in [0.4, 0.5) is 5.69 Å². The van der Waals surface area contributed by atoms with Crippen LogP contribution in [0.2, 0.25) is 0 Å². The maximum Gasteiger partial charge on any atom is 0.338 e. The number of nitrogens with one attached hydrogen (secondary N) is 1. The number of hydrogen-bond acceptors (Lipinski definition) is 5. The van der Waals surface area contributed by atoms with Gasteiger partial charge in [-0.25, -0.2) is 4.79 Å². The summed E-state index contributed by atoms with van der Waals surface area (Å²) >= 11 is 0. The topological polar surface area (TPSA) is 64.6 Å². The second-order valence-corrected chi connectivity index (χ2v) is 5.10. The minimum absolute atomic E-state index is 0.112. The summed E-state index contributed by atoms with van der Waals surface area (Å²) in [5, 5.41) is 3.00. The van der Waals surface area contributed by atoms with Gasteiger partial charge in [-0.1, -0.05) is 0 Å².